The average Bonchev–Trinajstić information content (AvgIpc) is 2.58. The summed E-state index contributed by atoms with van der Waals surface area (Å²) in [6.45, 7) is 4.07. The molecule has 0 bridgehead atoms. The van der Waals surface area contributed by atoms with Crippen LogP contribution in [0.2, 0.25) is 0 Å². The summed E-state index contributed by atoms with van der Waals surface area (Å²) in [7, 11) is 1.66. The topological polar surface area (TPSA) is 48.0 Å². The van der Waals surface area contributed by atoms with Gasteiger partial charge in [0, 0.05) is 45.0 Å². The Kier molecular flexibility index (Phi) is 4.80. The van der Waals surface area contributed by atoms with E-state index in [1.54, 1.807) is 19.3 Å². The summed E-state index contributed by atoms with van der Waals surface area (Å²) < 4.78 is 5.29. The van der Waals surface area contributed by atoms with E-state index in [1.165, 1.54) is 0 Å². The van der Waals surface area contributed by atoms with Crippen molar-refractivity contribution in [3.8, 4) is 5.75 Å². The van der Waals surface area contributed by atoms with Gasteiger partial charge in [-0.2, -0.15) is 0 Å². The first-order valence-electron chi connectivity index (χ1n) is 7.76. The molecule has 1 atom stereocenters. The molecular weight excluding hydrogens is 314 g/mol. The molecule has 2 heterocycles. The van der Waals surface area contributed by atoms with Gasteiger partial charge in [0.25, 0.3) is 0 Å². The number of rotatable bonds is 4. The molecule has 23 heavy (non-hydrogen) atoms. The highest BCUT2D eigenvalue weighted by molar-refractivity contribution is 6.24. The number of aliphatic hydroxyl groups is 1. The molecule has 0 spiro atoms. The lowest BCUT2D eigenvalue weighted by molar-refractivity contribution is 0.0552. The van der Waals surface area contributed by atoms with Crippen molar-refractivity contribution in [3.05, 3.63) is 53.9 Å². The van der Waals surface area contributed by atoms with Crippen LogP contribution in [0.3, 0.4) is 0 Å². The highest BCUT2D eigenvalue weighted by atomic mass is 35.5. The Balaban J connectivity index is 1.84. The van der Waals surface area contributed by atoms with Crippen LogP contribution in [0.1, 0.15) is 5.56 Å². The van der Waals surface area contributed by atoms with E-state index in [9.17, 15) is 5.11 Å². The van der Waals surface area contributed by atoms with Crippen LogP contribution in [0.15, 0.2) is 48.4 Å². The fourth-order valence-corrected chi connectivity index (χ4v) is 3.37. The summed E-state index contributed by atoms with van der Waals surface area (Å²) in [6, 6.07) is 7.94. The van der Waals surface area contributed by atoms with Gasteiger partial charge in [-0.1, -0.05) is 23.7 Å². The molecule has 3 rings (SSSR count). The van der Waals surface area contributed by atoms with E-state index >= 15 is 0 Å². The molecule has 0 saturated carbocycles. The molecule has 2 aliphatic rings. The van der Waals surface area contributed by atoms with Crippen LogP contribution in [0.4, 0.5) is 0 Å². The second kappa shape index (κ2) is 6.83. The van der Waals surface area contributed by atoms with E-state index in [0.717, 1.165) is 37.5 Å². The molecular formula is C17H22ClN3O2. The molecule has 1 saturated heterocycles. The maximum atomic E-state index is 9.94. The minimum atomic E-state index is -0.857. The summed E-state index contributed by atoms with van der Waals surface area (Å²) in [5, 5.41) is 12.4. The highest BCUT2D eigenvalue weighted by Crippen LogP contribution is 2.34. The summed E-state index contributed by atoms with van der Waals surface area (Å²) in [4.78, 5) is 4.21. The molecule has 0 aromatic heterocycles. The zero-order valence-electron chi connectivity index (χ0n) is 13.2. The van der Waals surface area contributed by atoms with Gasteiger partial charge in [-0.05, 0) is 23.8 Å². The van der Waals surface area contributed by atoms with Gasteiger partial charge in [0.1, 0.15) is 11.5 Å². The standard InChI is InChI=1S/C17H22ClN3O2/c1-23-16-4-2-3-14(11-16)13-21-8-5-15(22)12-17(21,18)20-9-6-19-7-10-20/h2-5,8,11-12,19,22H,6-7,9-10,13H2,1H3. The van der Waals surface area contributed by atoms with Crippen LogP contribution in [0, 0.1) is 0 Å². The number of nitrogens with one attached hydrogen (secondary N) is 1. The zero-order chi connectivity index (χ0) is 16.3. The second-order valence-electron chi connectivity index (χ2n) is 5.74. The number of halogens is 1. The van der Waals surface area contributed by atoms with Gasteiger partial charge in [0.05, 0.1) is 7.11 Å². The molecule has 2 N–H and O–H groups in total. The van der Waals surface area contributed by atoms with Gasteiger partial charge in [-0.15, -0.1) is 0 Å². The van der Waals surface area contributed by atoms with Gasteiger partial charge in [-0.25, -0.2) is 0 Å². The summed E-state index contributed by atoms with van der Waals surface area (Å²) in [5.41, 5.74) is 1.10. The Bertz CT molecular complexity index is 614. The number of benzene rings is 1. The fourth-order valence-electron chi connectivity index (χ4n) is 2.97. The predicted molar refractivity (Wildman–Crippen MR) is 91.4 cm³/mol. The van der Waals surface area contributed by atoms with Crippen LogP contribution in [-0.2, 0) is 6.54 Å². The van der Waals surface area contributed by atoms with Crippen molar-refractivity contribution in [3.63, 3.8) is 0 Å². The lowest BCUT2D eigenvalue weighted by Crippen LogP contribution is -2.59. The average molecular weight is 336 g/mol. The Labute approximate surface area is 141 Å². The summed E-state index contributed by atoms with van der Waals surface area (Å²) in [6.07, 6.45) is 5.23. The molecule has 0 aliphatic carbocycles. The number of methoxy groups -OCH3 is 1. The Hall–Kier alpha value is -1.69. The summed E-state index contributed by atoms with van der Waals surface area (Å²) >= 11 is 6.94. The lowest BCUT2D eigenvalue weighted by Gasteiger charge is -2.47. The van der Waals surface area contributed by atoms with Crippen molar-refractivity contribution in [2.45, 2.75) is 11.7 Å². The monoisotopic (exact) mass is 335 g/mol. The van der Waals surface area contributed by atoms with Gasteiger partial charge >= 0.3 is 0 Å². The van der Waals surface area contributed by atoms with Crippen LogP contribution >= 0.6 is 11.6 Å². The van der Waals surface area contributed by atoms with E-state index in [2.05, 4.69) is 10.2 Å². The fraction of sp³-hybridized carbons (Fsp3) is 0.412. The van der Waals surface area contributed by atoms with E-state index in [4.69, 9.17) is 16.3 Å². The number of hydrogen-bond acceptors (Lipinski definition) is 5. The van der Waals surface area contributed by atoms with Crippen LogP contribution in [0.25, 0.3) is 0 Å². The quantitative estimate of drug-likeness (QED) is 0.653. The molecule has 5 nitrogen and oxygen atoms in total. The van der Waals surface area contributed by atoms with Crippen LogP contribution in [-0.4, -0.2) is 53.3 Å². The van der Waals surface area contributed by atoms with Gasteiger partial charge < -0.3 is 20.1 Å². The number of nitrogens with zero attached hydrogens (tertiary/aromatic N) is 2. The Morgan fingerprint density at radius 1 is 1.35 bits per heavy atom. The van der Waals surface area contributed by atoms with Crippen molar-refractivity contribution in [1.29, 1.82) is 0 Å². The molecule has 2 aliphatic heterocycles. The third kappa shape index (κ3) is 3.47. The van der Waals surface area contributed by atoms with Gasteiger partial charge in [-0.3, -0.25) is 4.90 Å². The molecule has 1 aromatic rings. The molecule has 1 fully saturated rings. The van der Waals surface area contributed by atoms with Crippen LogP contribution < -0.4 is 10.1 Å². The maximum Gasteiger partial charge on any atom is 0.194 e. The lowest BCUT2D eigenvalue weighted by atomic mass is 10.1. The second-order valence-corrected chi connectivity index (χ2v) is 6.29. The van der Waals surface area contributed by atoms with E-state index in [-0.39, 0.29) is 5.76 Å². The Morgan fingerprint density at radius 3 is 2.87 bits per heavy atom. The maximum absolute atomic E-state index is 9.94. The number of ether oxygens (including phenoxy) is 1. The molecule has 1 aromatic carbocycles. The number of allylic oxidation sites excluding steroid dienone is 1. The molecule has 6 heteroatoms. The first kappa shape index (κ1) is 16.2. The first-order valence-corrected chi connectivity index (χ1v) is 8.14. The van der Waals surface area contributed by atoms with Crippen molar-refractivity contribution in [2.24, 2.45) is 0 Å². The third-order valence-corrected chi connectivity index (χ3v) is 4.77. The molecule has 1 unspecified atom stereocenters. The van der Waals surface area contributed by atoms with E-state index in [1.807, 2.05) is 35.4 Å². The van der Waals surface area contributed by atoms with E-state index < -0.39 is 5.12 Å². The number of alkyl halides is 1. The van der Waals surface area contributed by atoms with Crippen molar-refractivity contribution in [1.82, 2.24) is 15.1 Å². The number of hydrogen-bond donors (Lipinski definition) is 2. The number of piperazine rings is 1. The SMILES string of the molecule is COc1cccc(CN2C=CC(O)=CC2(Cl)N2CCNCC2)c1. The molecule has 124 valence electrons. The van der Waals surface area contributed by atoms with Gasteiger partial charge in [0.15, 0.2) is 5.12 Å². The number of aliphatic hydroxyl groups excluding tert-OH is 1. The molecule has 0 radical (unpaired) electrons. The minimum absolute atomic E-state index is 0.195. The third-order valence-electron chi connectivity index (χ3n) is 4.21. The summed E-state index contributed by atoms with van der Waals surface area (Å²) in [5.74, 6) is 1.02. The van der Waals surface area contributed by atoms with Crippen LogP contribution in [0.5, 0.6) is 5.75 Å². The minimum Gasteiger partial charge on any atom is -0.508 e. The largest absolute Gasteiger partial charge is 0.508 e. The van der Waals surface area contributed by atoms with Gasteiger partial charge in [0.2, 0.25) is 0 Å². The molecule has 0 amide bonds. The van der Waals surface area contributed by atoms with Crippen molar-refractivity contribution < 1.29 is 9.84 Å². The highest BCUT2D eigenvalue weighted by Gasteiger charge is 2.40. The first-order chi connectivity index (χ1) is 11.1. The normalized spacial score (nSPS) is 25.3. The van der Waals surface area contributed by atoms with Crippen molar-refractivity contribution >= 4 is 11.6 Å². The predicted octanol–water partition coefficient (Wildman–Crippen LogP) is 2.26. The zero-order valence-corrected chi connectivity index (χ0v) is 14.0. The Morgan fingerprint density at radius 2 is 2.13 bits per heavy atom. The van der Waals surface area contributed by atoms with E-state index in [0.29, 0.717) is 6.54 Å². The smallest absolute Gasteiger partial charge is 0.194 e. The van der Waals surface area contributed by atoms with Crippen molar-refractivity contribution in [2.75, 3.05) is 33.3 Å².